The van der Waals surface area contributed by atoms with E-state index in [2.05, 4.69) is 27.8 Å². The van der Waals surface area contributed by atoms with Crippen molar-refractivity contribution in [3.63, 3.8) is 0 Å². The molecule has 6 nitrogen and oxygen atoms in total. The highest BCUT2D eigenvalue weighted by Gasteiger charge is 2.23. The summed E-state index contributed by atoms with van der Waals surface area (Å²) >= 11 is 1.39. The number of hydrogen-bond acceptors (Lipinski definition) is 5. The summed E-state index contributed by atoms with van der Waals surface area (Å²) in [6, 6.07) is 14.6. The molecule has 0 saturated heterocycles. The summed E-state index contributed by atoms with van der Waals surface area (Å²) in [4.78, 5) is 12.6. The van der Waals surface area contributed by atoms with Crippen LogP contribution in [0.2, 0.25) is 0 Å². The second kappa shape index (κ2) is 10.8. The fourth-order valence-corrected chi connectivity index (χ4v) is 4.90. The lowest BCUT2D eigenvalue weighted by Crippen LogP contribution is -2.41. The molecule has 2 aromatic carbocycles. The zero-order valence-electron chi connectivity index (χ0n) is 19.1. The Hall–Kier alpha value is -2.87. The number of halogens is 1. The maximum absolute atomic E-state index is 13.2. The molecule has 2 atom stereocenters. The highest BCUT2D eigenvalue weighted by atomic mass is 32.2. The summed E-state index contributed by atoms with van der Waals surface area (Å²) in [6.45, 7) is 4.67. The summed E-state index contributed by atoms with van der Waals surface area (Å²) in [5.41, 5.74) is 2.89. The van der Waals surface area contributed by atoms with E-state index in [0.29, 0.717) is 29.2 Å². The van der Waals surface area contributed by atoms with Crippen LogP contribution in [-0.4, -0.2) is 32.5 Å². The molecule has 1 aliphatic carbocycles. The average molecular weight is 468 g/mol. The quantitative estimate of drug-likeness (QED) is 0.450. The van der Waals surface area contributed by atoms with Gasteiger partial charge in [-0.15, -0.1) is 10.2 Å². The van der Waals surface area contributed by atoms with Gasteiger partial charge in [0.2, 0.25) is 5.91 Å². The summed E-state index contributed by atoms with van der Waals surface area (Å²) in [5.74, 6) is 1.28. The largest absolute Gasteiger partial charge is 0.378 e. The van der Waals surface area contributed by atoms with Gasteiger partial charge in [-0.2, -0.15) is 0 Å². The first-order valence-electron chi connectivity index (χ1n) is 11.4. The minimum atomic E-state index is -0.275. The Morgan fingerprint density at radius 2 is 1.82 bits per heavy atom. The maximum atomic E-state index is 13.2. The SMILES string of the molecule is Cc1ccc(-n2c(CNc3ccc(F)cc3)nnc2SCC(=O)N[C@@H]2CCCC[C@H]2C)cc1. The molecular weight excluding hydrogens is 437 g/mol. The van der Waals surface area contributed by atoms with Crippen molar-refractivity contribution in [3.8, 4) is 5.69 Å². The lowest BCUT2D eigenvalue weighted by Gasteiger charge is -2.29. The van der Waals surface area contributed by atoms with Crippen LogP contribution in [0.4, 0.5) is 10.1 Å². The Bertz CT molecular complexity index is 1070. The van der Waals surface area contributed by atoms with Crippen molar-refractivity contribution in [2.45, 2.75) is 57.3 Å². The number of thioether (sulfide) groups is 1. The molecule has 3 aromatic rings. The number of nitrogens with zero attached hydrogens (tertiary/aromatic N) is 3. The van der Waals surface area contributed by atoms with Gasteiger partial charge in [0.15, 0.2) is 11.0 Å². The molecule has 1 saturated carbocycles. The van der Waals surface area contributed by atoms with E-state index in [-0.39, 0.29) is 17.8 Å². The van der Waals surface area contributed by atoms with Crippen LogP contribution in [0, 0.1) is 18.7 Å². The summed E-state index contributed by atoms with van der Waals surface area (Å²) < 4.78 is 15.2. The van der Waals surface area contributed by atoms with Gasteiger partial charge in [0.1, 0.15) is 5.82 Å². The zero-order chi connectivity index (χ0) is 23.2. The van der Waals surface area contributed by atoms with E-state index < -0.39 is 0 Å². The molecule has 1 heterocycles. The van der Waals surface area contributed by atoms with Crippen LogP contribution in [0.15, 0.2) is 53.7 Å². The van der Waals surface area contributed by atoms with E-state index in [0.717, 1.165) is 23.4 Å². The lowest BCUT2D eigenvalue weighted by atomic mass is 9.86. The molecule has 1 aromatic heterocycles. The molecule has 0 unspecified atom stereocenters. The molecule has 1 fully saturated rings. The standard InChI is InChI=1S/C25H30FN5OS/c1-17-7-13-21(14-8-17)31-23(15-27-20-11-9-19(26)10-12-20)29-30-25(31)33-16-24(32)28-22-6-4-3-5-18(22)2/h7-14,18,22,27H,3-6,15-16H2,1-2H3,(H,28,32)/t18-,22-/m1/s1. The fraction of sp³-hybridized carbons (Fsp3) is 0.400. The van der Waals surface area contributed by atoms with E-state index in [1.54, 1.807) is 12.1 Å². The van der Waals surface area contributed by atoms with Gasteiger partial charge in [-0.05, 0) is 62.1 Å². The number of carbonyl (C=O) groups excluding carboxylic acids is 1. The number of carbonyl (C=O) groups is 1. The van der Waals surface area contributed by atoms with Gasteiger partial charge in [-0.3, -0.25) is 9.36 Å². The number of rotatable bonds is 8. The molecular formula is C25H30FN5OS. The van der Waals surface area contributed by atoms with Gasteiger partial charge < -0.3 is 10.6 Å². The third-order valence-corrected chi connectivity index (χ3v) is 7.01. The van der Waals surface area contributed by atoms with E-state index in [4.69, 9.17) is 0 Å². The maximum Gasteiger partial charge on any atom is 0.230 e. The van der Waals surface area contributed by atoms with Crippen LogP contribution in [0.25, 0.3) is 5.69 Å². The van der Waals surface area contributed by atoms with Crippen molar-refractivity contribution in [1.29, 1.82) is 0 Å². The van der Waals surface area contributed by atoms with Gasteiger partial charge in [0, 0.05) is 17.4 Å². The number of anilines is 1. The Morgan fingerprint density at radius 1 is 1.09 bits per heavy atom. The second-order valence-electron chi connectivity index (χ2n) is 8.65. The van der Waals surface area contributed by atoms with Crippen LogP contribution in [0.5, 0.6) is 0 Å². The second-order valence-corrected chi connectivity index (χ2v) is 9.60. The molecule has 1 amide bonds. The van der Waals surface area contributed by atoms with Gasteiger partial charge in [-0.25, -0.2) is 4.39 Å². The molecule has 4 rings (SSSR count). The van der Waals surface area contributed by atoms with Crippen molar-refractivity contribution in [1.82, 2.24) is 20.1 Å². The van der Waals surface area contributed by atoms with Crippen LogP contribution in [0.1, 0.15) is 44.0 Å². The normalized spacial score (nSPS) is 18.2. The summed E-state index contributed by atoms with van der Waals surface area (Å²) in [6.07, 6.45) is 4.64. The van der Waals surface area contributed by atoms with Crippen LogP contribution in [-0.2, 0) is 11.3 Å². The first kappa shape index (κ1) is 23.3. The van der Waals surface area contributed by atoms with Crippen molar-refractivity contribution in [2.24, 2.45) is 5.92 Å². The Kier molecular flexibility index (Phi) is 7.65. The number of hydrogen-bond donors (Lipinski definition) is 2. The molecule has 2 N–H and O–H groups in total. The van der Waals surface area contributed by atoms with E-state index >= 15 is 0 Å². The predicted octanol–water partition coefficient (Wildman–Crippen LogP) is 5.11. The third-order valence-electron chi connectivity index (χ3n) is 6.08. The molecule has 0 bridgehead atoms. The van der Waals surface area contributed by atoms with Crippen LogP contribution < -0.4 is 10.6 Å². The van der Waals surface area contributed by atoms with E-state index in [9.17, 15) is 9.18 Å². The minimum absolute atomic E-state index is 0.0307. The monoisotopic (exact) mass is 467 g/mol. The first-order chi connectivity index (χ1) is 16.0. The van der Waals surface area contributed by atoms with Crippen molar-refractivity contribution >= 4 is 23.4 Å². The molecule has 0 radical (unpaired) electrons. The lowest BCUT2D eigenvalue weighted by molar-refractivity contribution is -0.119. The minimum Gasteiger partial charge on any atom is -0.378 e. The third kappa shape index (κ3) is 6.13. The number of amides is 1. The number of benzene rings is 2. The van der Waals surface area contributed by atoms with Gasteiger partial charge in [0.25, 0.3) is 0 Å². The smallest absolute Gasteiger partial charge is 0.230 e. The fourth-order valence-electron chi connectivity index (χ4n) is 4.12. The van der Waals surface area contributed by atoms with E-state index in [1.807, 2.05) is 35.8 Å². The van der Waals surface area contributed by atoms with Crippen molar-refractivity contribution in [2.75, 3.05) is 11.1 Å². The number of aromatic nitrogens is 3. The first-order valence-corrected chi connectivity index (χ1v) is 12.4. The Balaban J connectivity index is 1.47. The molecule has 33 heavy (non-hydrogen) atoms. The molecule has 0 aliphatic heterocycles. The van der Waals surface area contributed by atoms with Crippen LogP contribution >= 0.6 is 11.8 Å². The average Bonchev–Trinajstić information content (AvgIpc) is 3.22. The Morgan fingerprint density at radius 3 is 2.55 bits per heavy atom. The topological polar surface area (TPSA) is 71.8 Å². The van der Waals surface area contributed by atoms with Gasteiger partial charge >= 0.3 is 0 Å². The highest BCUT2D eigenvalue weighted by Crippen LogP contribution is 2.25. The number of aryl methyl sites for hydroxylation is 1. The molecule has 1 aliphatic rings. The highest BCUT2D eigenvalue weighted by molar-refractivity contribution is 7.99. The van der Waals surface area contributed by atoms with Crippen LogP contribution in [0.3, 0.4) is 0 Å². The predicted molar refractivity (Wildman–Crippen MR) is 130 cm³/mol. The number of nitrogens with one attached hydrogen (secondary N) is 2. The molecule has 174 valence electrons. The molecule has 8 heteroatoms. The van der Waals surface area contributed by atoms with Crippen molar-refractivity contribution in [3.05, 3.63) is 65.7 Å². The van der Waals surface area contributed by atoms with Gasteiger partial charge in [0.05, 0.1) is 12.3 Å². The Labute approximate surface area is 198 Å². The van der Waals surface area contributed by atoms with E-state index in [1.165, 1.54) is 43.2 Å². The molecule has 0 spiro atoms. The summed E-state index contributed by atoms with van der Waals surface area (Å²) in [5, 5.41) is 15.9. The summed E-state index contributed by atoms with van der Waals surface area (Å²) in [7, 11) is 0. The van der Waals surface area contributed by atoms with Crippen molar-refractivity contribution < 1.29 is 9.18 Å². The van der Waals surface area contributed by atoms with Gasteiger partial charge in [-0.1, -0.05) is 49.2 Å². The zero-order valence-corrected chi connectivity index (χ0v) is 19.9.